The van der Waals surface area contributed by atoms with E-state index in [0.29, 0.717) is 6.54 Å². The molecule has 0 unspecified atom stereocenters. The quantitative estimate of drug-likeness (QED) is 0.755. The highest BCUT2D eigenvalue weighted by molar-refractivity contribution is 5.51. The SMILES string of the molecule is COC(CNc1ccc(C)cc1C)OC. The molecule has 0 heterocycles. The summed E-state index contributed by atoms with van der Waals surface area (Å²) in [6.07, 6.45) is -0.203. The maximum Gasteiger partial charge on any atom is 0.173 e. The Morgan fingerprint density at radius 2 is 1.87 bits per heavy atom. The van der Waals surface area contributed by atoms with Crippen LogP contribution in [0.3, 0.4) is 0 Å². The van der Waals surface area contributed by atoms with E-state index in [-0.39, 0.29) is 6.29 Å². The largest absolute Gasteiger partial charge is 0.380 e. The van der Waals surface area contributed by atoms with Gasteiger partial charge in [-0.15, -0.1) is 0 Å². The van der Waals surface area contributed by atoms with Gasteiger partial charge >= 0.3 is 0 Å². The van der Waals surface area contributed by atoms with Crippen molar-refractivity contribution in [1.29, 1.82) is 0 Å². The first-order chi connectivity index (χ1) is 7.17. The Kier molecular flexibility index (Phi) is 4.59. The molecule has 0 aliphatic heterocycles. The summed E-state index contributed by atoms with van der Waals surface area (Å²) in [7, 11) is 3.27. The molecular weight excluding hydrogens is 190 g/mol. The van der Waals surface area contributed by atoms with E-state index in [0.717, 1.165) is 5.69 Å². The minimum atomic E-state index is -0.203. The zero-order chi connectivity index (χ0) is 11.3. The van der Waals surface area contributed by atoms with Gasteiger partial charge in [-0.1, -0.05) is 17.7 Å². The van der Waals surface area contributed by atoms with Crippen molar-refractivity contribution < 1.29 is 9.47 Å². The Balaban J connectivity index is 2.57. The van der Waals surface area contributed by atoms with Crippen LogP contribution >= 0.6 is 0 Å². The number of aryl methyl sites for hydroxylation is 2. The lowest BCUT2D eigenvalue weighted by atomic mass is 10.1. The van der Waals surface area contributed by atoms with Gasteiger partial charge < -0.3 is 14.8 Å². The molecule has 0 aliphatic carbocycles. The molecule has 1 aromatic carbocycles. The average molecular weight is 209 g/mol. The molecule has 1 aromatic rings. The van der Waals surface area contributed by atoms with Crippen LogP contribution < -0.4 is 5.32 Å². The van der Waals surface area contributed by atoms with Crippen LogP contribution in [0, 0.1) is 13.8 Å². The van der Waals surface area contributed by atoms with Gasteiger partial charge in [-0.2, -0.15) is 0 Å². The summed E-state index contributed by atoms with van der Waals surface area (Å²) in [6.45, 7) is 4.82. The van der Waals surface area contributed by atoms with Gasteiger partial charge in [0.25, 0.3) is 0 Å². The van der Waals surface area contributed by atoms with E-state index in [4.69, 9.17) is 9.47 Å². The lowest BCUT2D eigenvalue weighted by Crippen LogP contribution is -2.23. The fourth-order valence-electron chi connectivity index (χ4n) is 1.47. The maximum absolute atomic E-state index is 5.10. The molecule has 15 heavy (non-hydrogen) atoms. The monoisotopic (exact) mass is 209 g/mol. The van der Waals surface area contributed by atoms with E-state index in [1.165, 1.54) is 11.1 Å². The van der Waals surface area contributed by atoms with Crippen LogP contribution in [-0.2, 0) is 9.47 Å². The van der Waals surface area contributed by atoms with E-state index in [2.05, 4.69) is 37.4 Å². The van der Waals surface area contributed by atoms with Crippen LogP contribution in [0.25, 0.3) is 0 Å². The lowest BCUT2D eigenvalue weighted by molar-refractivity contribution is -0.0914. The van der Waals surface area contributed by atoms with Crippen LogP contribution in [0.4, 0.5) is 5.69 Å². The van der Waals surface area contributed by atoms with Crippen LogP contribution in [0.15, 0.2) is 18.2 Å². The molecule has 0 amide bonds. The van der Waals surface area contributed by atoms with Gasteiger partial charge in [0.2, 0.25) is 0 Å². The molecule has 0 aliphatic rings. The summed E-state index contributed by atoms with van der Waals surface area (Å²) in [6, 6.07) is 6.31. The van der Waals surface area contributed by atoms with E-state index in [1.54, 1.807) is 14.2 Å². The first kappa shape index (κ1) is 12.0. The van der Waals surface area contributed by atoms with E-state index in [1.807, 2.05) is 0 Å². The summed E-state index contributed by atoms with van der Waals surface area (Å²) in [5.41, 5.74) is 3.63. The molecule has 1 N–H and O–H groups in total. The molecule has 0 fully saturated rings. The van der Waals surface area contributed by atoms with Gasteiger partial charge in [-0.05, 0) is 25.5 Å². The molecule has 0 bridgehead atoms. The Hall–Kier alpha value is -1.06. The second-order valence-corrected chi connectivity index (χ2v) is 3.60. The number of rotatable bonds is 5. The molecule has 3 nitrogen and oxygen atoms in total. The summed E-state index contributed by atoms with van der Waals surface area (Å²) in [5.74, 6) is 0. The standard InChI is InChI=1S/C12H19NO2/c1-9-5-6-11(10(2)7-9)13-8-12(14-3)15-4/h5-7,12-13H,8H2,1-4H3. The van der Waals surface area contributed by atoms with Crippen molar-refractivity contribution in [1.82, 2.24) is 0 Å². The number of ether oxygens (including phenoxy) is 2. The Labute approximate surface area is 91.4 Å². The molecule has 1 rings (SSSR count). The number of hydrogen-bond donors (Lipinski definition) is 1. The van der Waals surface area contributed by atoms with Crippen molar-refractivity contribution in [3.8, 4) is 0 Å². The van der Waals surface area contributed by atoms with E-state index < -0.39 is 0 Å². The zero-order valence-corrected chi connectivity index (χ0v) is 9.83. The molecule has 0 radical (unpaired) electrons. The topological polar surface area (TPSA) is 30.5 Å². The summed E-state index contributed by atoms with van der Waals surface area (Å²) >= 11 is 0. The highest BCUT2D eigenvalue weighted by atomic mass is 16.7. The minimum absolute atomic E-state index is 0.203. The van der Waals surface area contributed by atoms with Crippen LogP contribution in [0.1, 0.15) is 11.1 Å². The molecule has 0 spiro atoms. The van der Waals surface area contributed by atoms with Gasteiger partial charge in [-0.25, -0.2) is 0 Å². The molecule has 0 saturated heterocycles. The fourth-order valence-corrected chi connectivity index (χ4v) is 1.47. The third kappa shape index (κ3) is 3.53. The van der Waals surface area contributed by atoms with Crippen molar-refractivity contribution in [2.45, 2.75) is 20.1 Å². The summed E-state index contributed by atoms with van der Waals surface area (Å²) < 4.78 is 10.2. The second-order valence-electron chi connectivity index (χ2n) is 3.60. The fraction of sp³-hybridized carbons (Fsp3) is 0.500. The molecule has 3 heteroatoms. The van der Waals surface area contributed by atoms with E-state index >= 15 is 0 Å². The van der Waals surface area contributed by atoms with Gasteiger partial charge in [0.05, 0.1) is 6.54 Å². The number of nitrogens with one attached hydrogen (secondary N) is 1. The third-order valence-electron chi connectivity index (χ3n) is 2.37. The summed E-state index contributed by atoms with van der Waals surface area (Å²) in [5, 5.41) is 3.29. The molecular formula is C12H19NO2. The van der Waals surface area contributed by atoms with Crippen molar-refractivity contribution in [2.24, 2.45) is 0 Å². The minimum Gasteiger partial charge on any atom is -0.380 e. The van der Waals surface area contributed by atoms with Crippen molar-refractivity contribution in [2.75, 3.05) is 26.1 Å². The van der Waals surface area contributed by atoms with Crippen LogP contribution in [0.5, 0.6) is 0 Å². The summed E-state index contributed by atoms with van der Waals surface area (Å²) in [4.78, 5) is 0. The van der Waals surface area contributed by atoms with Crippen LogP contribution in [-0.4, -0.2) is 27.1 Å². The van der Waals surface area contributed by atoms with Crippen molar-refractivity contribution in [3.63, 3.8) is 0 Å². The second kappa shape index (κ2) is 5.73. The number of methoxy groups -OCH3 is 2. The highest BCUT2D eigenvalue weighted by Gasteiger charge is 2.05. The van der Waals surface area contributed by atoms with Crippen molar-refractivity contribution >= 4 is 5.69 Å². The average Bonchev–Trinajstić information content (AvgIpc) is 2.22. The maximum atomic E-state index is 5.10. The first-order valence-corrected chi connectivity index (χ1v) is 5.04. The smallest absolute Gasteiger partial charge is 0.173 e. The Bertz CT molecular complexity index is 308. The predicted molar refractivity (Wildman–Crippen MR) is 62.2 cm³/mol. The number of anilines is 1. The van der Waals surface area contributed by atoms with Crippen molar-refractivity contribution in [3.05, 3.63) is 29.3 Å². The van der Waals surface area contributed by atoms with Crippen LogP contribution in [0.2, 0.25) is 0 Å². The van der Waals surface area contributed by atoms with Gasteiger partial charge in [-0.3, -0.25) is 0 Å². The predicted octanol–water partition coefficient (Wildman–Crippen LogP) is 2.33. The molecule has 0 atom stereocenters. The van der Waals surface area contributed by atoms with Gasteiger partial charge in [0, 0.05) is 19.9 Å². The van der Waals surface area contributed by atoms with Gasteiger partial charge in [0.1, 0.15) is 0 Å². The Morgan fingerprint density at radius 1 is 1.20 bits per heavy atom. The normalized spacial score (nSPS) is 10.7. The molecule has 0 saturated carbocycles. The molecule has 0 aromatic heterocycles. The number of hydrogen-bond acceptors (Lipinski definition) is 3. The first-order valence-electron chi connectivity index (χ1n) is 5.04. The van der Waals surface area contributed by atoms with Gasteiger partial charge in [0.15, 0.2) is 6.29 Å². The molecule has 84 valence electrons. The highest BCUT2D eigenvalue weighted by Crippen LogP contribution is 2.15. The third-order valence-corrected chi connectivity index (χ3v) is 2.37. The zero-order valence-electron chi connectivity index (χ0n) is 9.83. The Morgan fingerprint density at radius 3 is 2.40 bits per heavy atom. The lowest BCUT2D eigenvalue weighted by Gasteiger charge is -2.16. The van der Waals surface area contributed by atoms with E-state index in [9.17, 15) is 0 Å². The number of benzene rings is 1.